The normalized spacial score (nSPS) is 27.5. The van der Waals surface area contributed by atoms with Crippen molar-refractivity contribution in [3.63, 3.8) is 0 Å². The number of hydrogen-bond donors (Lipinski definition) is 4. The number of nitrogens with one attached hydrogen (secondary N) is 4. The van der Waals surface area contributed by atoms with E-state index in [1.165, 1.54) is 23.5 Å². The van der Waals surface area contributed by atoms with Crippen LogP contribution in [0.4, 0.5) is 0 Å². The third-order valence-electron chi connectivity index (χ3n) is 10.3. The zero-order chi connectivity index (χ0) is 38.9. The molecule has 13 heteroatoms. The maximum atomic E-state index is 14.6. The molecule has 1 aliphatic heterocycles. The van der Waals surface area contributed by atoms with Gasteiger partial charge in [0.2, 0.25) is 23.5 Å². The van der Waals surface area contributed by atoms with Gasteiger partial charge in [-0.2, -0.15) is 0 Å². The van der Waals surface area contributed by atoms with Gasteiger partial charge in [0, 0.05) is 30.5 Å². The molecule has 1 aromatic heterocycles. The van der Waals surface area contributed by atoms with Crippen LogP contribution < -0.4 is 21.3 Å². The van der Waals surface area contributed by atoms with E-state index in [2.05, 4.69) is 31.2 Å². The van der Waals surface area contributed by atoms with Crippen LogP contribution in [0.3, 0.4) is 0 Å². The molecule has 0 unspecified atom stereocenters. The van der Waals surface area contributed by atoms with Crippen LogP contribution in [0.15, 0.2) is 18.6 Å². The van der Waals surface area contributed by atoms with Crippen LogP contribution in [0.1, 0.15) is 121 Å². The Hall–Kier alpha value is -3.90. The largest absolute Gasteiger partial charge is 0.347 e. The molecule has 1 saturated heterocycles. The van der Waals surface area contributed by atoms with Gasteiger partial charge in [-0.1, -0.05) is 59.8 Å². The summed E-state index contributed by atoms with van der Waals surface area (Å²) in [4.78, 5) is 91.9. The molecule has 3 saturated carbocycles. The summed E-state index contributed by atoms with van der Waals surface area (Å²) in [6, 6.07) is -5.75. The number of carbonyl (C=O) groups is 6. The number of hydrogen-bond acceptors (Lipinski definition) is 8. The summed E-state index contributed by atoms with van der Waals surface area (Å²) in [6.07, 6.45) is 6.63. The lowest BCUT2D eigenvalue weighted by Crippen LogP contribution is -2.62. The summed E-state index contributed by atoms with van der Waals surface area (Å²) >= 11 is 0. The van der Waals surface area contributed by atoms with Crippen LogP contribution in [0.2, 0.25) is 0 Å². The highest BCUT2D eigenvalue weighted by Gasteiger charge is 2.52. The first-order valence-electron chi connectivity index (χ1n) is 19.7. The number of ketones is 1. The van der Waals surface area contributed by atoms with Gasteiger partial charge in [-0.05, 0) is 68.0 Å². The molecule has 4 fully saturated rings. The minimum Gasteiger partial charge on any atom is -0.347 e. The van der Waals surface area contributed by atoms with Gasteiger partial charge in [-0.15, -0.1) is 0 Å². The van der Waals surface area contributed by atoms with Crippen molar-refractivity contribution in [2.75, 3.05) is 6.54 Å². The van der Waals surface area contributed by atoms with Gasteiger partial charge in [-0.3, -0.25) is 33.8 Å². The molecule has 13 nitrogen and oxygen atoms in total. The van der Waals surface area contributed by atoms with Gasteiger partial charge >= 0.3 is 0 Å². The number of fused-ring (bicyclic) bond motifs is 1. The Morgan fingerprint density at radius 3 is 2.33 bits per heavy atom. The molecule has 0 radical (unpaired) electrons. The van der Waals surface area contributed by atoms with Crippen molar-refractivity contribution in [3.05, 3.63) is 24.3 Å². The first kappa shape index (κ1) is 31.1. The molecule has 0 bridgehead atoms. The number of amides is 5. The van der Waals surface area contributed by atoms with Crippen LogP contribution in [-0.4, -0.2) is 86.9 Å². The highest BCUT2D eigenvalue weighted by Crippen LogP contribution is 2.43. The SMILES string of the molecule is [2H]C1([2H])C(NC(=O)C(=O)[C@@H](CCC)NC(=O)[C@@H]2[C@H]3CCC[C@H]3CN2C(=O)[C@@H](NC(=O)[C@@H](NC(=O)c2cnccn2)C2CCCCC2)C(C)(C)C)C1([2H])[2H]. The van der Waals surface area contributed by atoms with Crippen LogP contribution in [0, 0.1) is 23.2 Å². The average molecular weight is 684 g/mol. The number of nitrogens with zero attached hydrogens (tertiary/aromatic N) is 3. The van der Waals surface area contributed by atoms with E-state index in [1.54, 1.807) is 6.92 Å². The molecular formula is C36H53N7O6. The zero-order valence-corrected chi connectivity index (χ0v) is 28.9. The fraction of sp³-hybridized carbons (Fsp3) is 0.722. The third kappa shape index (κ3) is 8.83. The molecule has 268 valence electrons. The molecule has 0 aromatic carbocycles. The highest BCUT2D eigenvalue weighted by atomic mass is 16.2. The number of likely N-dealkylation sites (tertiary alicyclic amines) is 1. The van der Waals surface area contributed by atoms with Gasteiger partial charge in [-0.25, -0.2) is 4.98 Å². The van der Waals surface area contributed by atoms with Crippen molar-refractivity contribution in [1.82, 2.24) is 36.1 Å². The Balaban J connectivity index is 1.35. The monoisotopic (exact) mass is 683 g/mol. The Morgan fingerprint density at radius 2 is 1.69 bits per heavy atom. The van der Waals surface area contributed by atoms with Crippen LogP contribution in [0.5, 0.6) is 0 Å². The maximum Gasteiger partial charge on any atom is 0.289 e. The van der Waals surface area contributed by atoms with Crippen LogP contribution >= 0.6 is 0 Å². The van der Waals surface area contributed by atoms with Crippen molar-refractivity contribution in [2.45, 2.75) is 135 Å². The molecular weight excluding hydrogens is 626 g/mol. The summed E-state index contributed by atoms with van der Waals surface area (Å²) in [5.41, 5.74) is -0.747. The van der Waals surface area contributed by atoms with E-state index < -0.39 is 83.7 Å². The van der Waals surface area contributed by atoms with Crippen molar-refractivity contribution in [1.29, 1.82) is 0 Å². The molecule has 3 aliphatic carbocycles. The molecule has 1 aromatic rings. The van der Waals surface area contributed by atoms with E-state index in [0.29, 0.717) is 12.8 Å². The Morgan fingerprint density at radius 1 is 0.959 bits per heavy atom. The topological polar surface area (TPSA) is 180 Å². The molecule has 4 aliphatic rings. The first-order valence-corrected chi connectivity index (χ1v) is 17.7. The molecule has 49 heavy (non-hydrogen) atoms. The van der Waals surface area contributed by atoms with Gasteiger partial charge in [0.15, 0.2) is 0 Å². The van der Waals surface area contributed by atoms with Gasteiger partial charge < -0.3 is 26.2 Å². The lowest BCUT2D eigenvalue weighted by molar-refractivity contribution is -0.146. The average Bonchev–Trinajstić information content (AvgIpc) is 3.53. The van der Waals surface area contributed by atoms with E-state index in [0.717, 1.165) is 44.9 Å². The fourth-order valence-corrected chi connectivity index (χ4v) is 7.70. The lowest BCUT2D eigenvalue weighted by atomic mass is 9.82. The van der Waals surface area contributed by atoms with Gasteiger partial charge in [0.25, 0.3) is 11.8 Å². The quantitative estimate of drug-likeness (QED) is 0.229. The second-order valence-corrected chi connectivity index (χ2v) is 14.9. The Kier molecular flexibility index (Phi) is 10.0. The molecule has 5 amide bonds. The molecule has 5 rings (SSSR count). The summed E-state index contributed by atoms with van der Waals surface area (Å²) in [5.74, 6) is -4.66. The van der Waals surface area contributed by atoms with Gasteiger partial charge in [0.05, 0.1) is 12.2 Å². The summed E-state index contributed by atoms with van der Waals surface area (Å²) in [6.45, 7) is 7.49. The molecule has 6 atom stereocenters. The minimum atomic E-state index is -2.33. The third-order valence-corrected chi connectivity index (χ3v) is 10.3. The smallest absolute Gasteiger partial charge is 0.289 e. The standard InChI is InChI=1S/C36H53N7O6/c1-5-10-25(29(44)34(48)39-23-15-16-23)40-33(47)28-24-14-9-13-22(24)20-43(28)35(49)30(36(2,3)4)42-32(46)27(21-11-7-6-8-12-21)41-31(45)26-19-37-17-18-38-26/h17-19,21-25,27-28,30H,5-16,20H2,1-4H3,(H,39,48)(H,40,47)(H,41,45)(H,42,46)/t22-,24-,25+,27-,28-,30+/m0/s1/i15D2,16D2. The van der Waals surface area contributed by atoms with E-state index in [4.69, 9.17) is 5.48 Å². The highest BCUT2D eigenvalue weighted by molar-refractivity contribution is 6.38. The predicted octanol–water partition coefficient (Wildman–Crippen LogP) is 2.45. The van der Waals surface area contributed by atoms with Crippen LogP contribution in [0.25, 0.3) is 0 Å². The second kappa shape index (κ2) is 15.8. The van der Waals surface area contributed by atoms with E-state index >= 15 is 0 Å². The van der Waals surface area contributed by atoms with Crippen molar-refractivity contribution < 1.29 is 34.3 Å². The summed E-state index contributed by atoms with van der Waals surface area (Å²) in [7, 11) is 0. The van der Waals surface area contributed by atoms with E-state index in [1.807, 2.05) is 20.8 Å². The van der Waals surface area contributed by atoms with E-state index in [9.17, 15) is 28.8 Å². The predicted molar refractivity (Wildman–Crippen MR) is 181 cm³/mol. The lowest BCUT2D eigenvalue weighted by Gasteiger charge is -2.38. The molecule has 0 spiro atoms. The fourth-order valence-electron chi connectivity index (χ4n) is 7.70. The van der Waals surface area contributed by atoms with Crippen molar-refractivity contribution in [3.8, 4) is 0 Å². The maximum absolute atomic E-state index is 14.6. The van der Waals surface area contributed by atoms with Crippen LogP contribution in [-0.2, 0) is 24.0 Å². The second-order valence-electron chi connectivity index (χ2n) is 14.9. The van der Waals surface area contributed by atoms with E-state index in [-0.39, 0.29) is 36.4 Å². The summed E-state index contributed by atoms with van der Waals surface area (Å²) < 4.78 is 31.0. The Bertz CT molecular complexity index is 1550. The van der Waals surface area contributed by atoms with Crippen molar-refractivity contribution >= 4 is 35.3 Å². The number of carbonyl (C=O) groups excluding carboxylic acids is 6. The number of Topliss-reactive ketones (excluding diaryl/α,β-unsaturated/α-hetero) is 1. The number of rotatable bonds is 13. The molecule has 4 N–H and O–H groups in total. The Labute approximate surface area is 294 Å². The first-order chi connectivity index (χ1) is 24.9. The number of aromatic nitrogens is 2. The van der Waals surface area contributed by atoms with Gasteiger partial charge in [0.1, 0.15) is 23.8 Å². The van der Waals surface area contributed by atoms with Crippen molar-refractivity contribution in [2.24, 2.45) is 23.2 Å². The minimum absolute atomic E-state index is 0.0234. The molecule has 2 heterocycles. The zero-order valence-electron chi connectivity index (χ0n) is 32.9. The summed E-state index contributed by atoms with van der Waals surface area (Å²) in [5, 5.41) is 10.7.